The van der Waals surface area contributed by atoms with Crippen LogP contribution in [0.4, 0.5) is 4.79 Å². The number of nitrogens with zero attached hydrogens (tertiary/aromatic N) is 2. The fourth-order valence-corrected chi connectivity index (χ4v) is 1.83. The fraction of sp³-hybridized carbons (Fsp3) is 0.909. The van der Waals surface area contributed by atoms with E-state index in [0.717, 1.165) is 45.7 Å². The van der Waals surface area contributed by atoms with Gasteiger partial charge in [0.2, 0.25) is 0 Å². The highest BCUT2D eigenvalue weighted by Crippen LogP contribution is 1.99. The van der Waals surface area contributed by atoms with Crippen LogP contribution in [0.1, 0.15) is 19.3 Å². The predicted octanol–water partition coefficient (Wildman–Crippen LogP) is 0.0724. The molecule has 1 saturated heterocycles. The van der Waals surface area contributed by atoms with E-state index in [1.807, 2.05) is 4.90 Å². The summed E-state index contributed by atoms with van der Waals surface area (Å²) in [5.74, 6) is 0. The second kappa shape index (κ2) is 7.46. The zero-order chi connectivity index (χ0) is 11.8. The highest BCUT2D eigenvalue weighted by molar-refractivity contribution is 5.76. The van der Waals surface area contributed by atoms with Gasteiger partial charge in [-0.25, -0.2) is 4.79 Å². The Morgan fingerprint density at radius 1 is 1.38 bits per heavy atom. The number of hydrogen-bond donors (Lipinski definition) is 2. The first-order chi connectivity index (χ1) is 7.74. The summed E-state index contributed by atoms with van der Waals surface area (Å²) in [7, 11) is 2.11. The molecule has 1 rings (SSSR count). The molecule has 1 aliphatic heterocycles. The van der Waals surface area contributed by atoms with Crippen molar-refractivity contribution in [1.82, 2.24) is 15.1 Å². The molecule has 3 N–H and O–H groups in total. The molecule has 0 aromatic rings. The van der Waals surface area contributed by atoms with Crippen LogP contribution in [-0.4, -0.2) is 62.1 Å². The molecule has 5 nitrogen and oxygen atoms in total. The first-order valence-corrected chi connectivity index (χ1v) is 6.15. The van der Waals surface area contributed by atoms with Gasteiger partial charge in [-0.2, -0.15) is 0 Å². The van der Waals surface area contributed by atoms with E-state index in [1.165, 1.54) is 12.8 Å². The molecule has 16 heavy (non-hydrogen) atoms. The van der Waals surface area contributed by atoms with Gasteiger partial charge in [-0.15, -0.1) is 0 Å². The number of amides is 2. The summed E-state index contributed by atoms with van der Waals surface area (Å²) in [6, 6.07) is 0.0801. The Bertz CT molecular complexity index is 210. The lowest BCUT2D eigenvalue weighted by Crippen LogP contribution is -2.35. The minimum absolute atomic E-state index is 0.0801. The Kier molecular flexibility index (Phi) is 6.18. The van der Waals surface area contributed by atoms with Gasteiger partial charge >= 0.3 is 6.03 Å². The minimum Gasteiger partial charge on any atom is -0.336 e. The molecule has 0 bridgehead atoms. The molecule has 5 heteroatoms. The average molecular weight is 228 g/mol. The van der Waals surface area contributed by atoms with Gasteiger partial charge in [-0.1, -0.05) is 6.42 Å². The zero-order valence-electron chi connectivity index (χ0n) is 10.2. The first-order valence-electron chi connectivity index (χ1n) is 6.15. The van der Waals surface area contributed by atoms with Crippen molar-refractivity contribution in [1.29, 1.82) is 0 Å². The molecule has 94 valence electrons. The Morgan fingerprint density at radius 2 is 2.19 bits per heavy atom. The molecular weight excluding hydrogens is 204 g/mol. The van der Waals surface area contributed by atoms with E-state index in [9.17, 15) is 4.79 Å². The van der Waals surface area contributed by atoms with Crippen molar-refractivity contribution in [2.75, 3.05) is 46.3 Å². The molecule has 0 unspecified atom stereocenters. The lowest BCUT2D eigenvalue weighted by molar-refractivity contribution is 0.208. The maximum absolute atomic E-state index is 11.3. The molecular formula is C11H24N4O. The fourth-order valence-electron chi connectivity index (χ4n) is 1.83. The topological polar surface area (TPSA) is 61.6 Å². The highest BCUT2D eigenvalue weighted by Gasteiger charge is 2.18. The molecule has 0 saturated carbocycles. The summed E-state index contributed by atoms with van der Waals surface area (Å²) in [4.78, 5) is 15.4. The largest absolute Gasteiger partial charge is 0.336 e. The zero-order valence-corrected chi connectivity index (χ0v) is 10.2. The Labute approximate surface area is 98.0 Å². The van der Waals surface area contributed by atoms with Crippen LogP contribution in [0.3, 0.4) is 0 Å². The van der Waals surface area contributed by atoms with Crippen molar-refractivity contribution in [3.63, 3.8) is 0 Å². The van der Waals surface area contributed by atoms with E-state index in [-0.39, 0.29) is 6.03 Å². The first kappa shape index (κ1) is 13.3. The molecule has 0 spiro atoms. The molecule has 0 aromatic carbocycles. The van der Waals surface area contributed by atoms with Crippen LogP contribution >= 0.6 is 0 Å². The molecule has 2 amide bonds. The summed E-state index contributed by atoms with van der Waals surface area (Å²) >= 11 is 0. The Balaban J connectivity index is 2.01. The maximum atomic E-state index is 11.3. The van der Waals surface area contributed by atoms with Crippen LogP contribution in [-0.2, 0) is 0 Å². The van der Waals surface area contributed by atoms with Crippen LogP contribution in [0.5, 0.6) is 0 Å². The van der Waals surface area contributed by atoms with Gasteiger partial charge in [0, 0.05) is 26.2 Å². The minimum atomic E-state index is 0.0801. The van der Waals surface area contributed by atoms with Gasteiger partial charge in [0.05, 0.1) is 0 Å². The summed E-state index contributed by atoms with van der Waals surface area (Å²) < 4.78 is 0. The van der Waals surface area contributed by atoms with Crippen molar-refractivity contribution in [2.45, 2.75) is 19.3 Å². The number of unbranched alkanes of at least 4 members (excludes halogenated alkanes) is 2. The third kappa shape index (κ3) is 4.81. The molecule has 0 radical (unpaired) electrons. The number of likely N-dealkylation sites (N-methyl/N-ethyl adjacent to an activating group) is 1. The molecule has 0 aromatic heterocycles. The van der Waals surface area contributed by atoms with Gasteiger partial charge in [0.25, 0.3) is 0 Å². The predicted molar refractivity (Wildman–Crippen MR) is 65.4 cm³/mol. The monoisotopic (exact) mass is 228 g/mol. The summed E-state index contributed by atoms with van der Waals surface area (Å²) in [5.41, 5.74) is 5.44. The van der Waals surface area contributed by atoms with E-state index in [2.05, 4.69) is 17.3 Å². The third-order valence-electron chi connectivity index (χ3n) is 2.94. The Morgan fingerprint density at radius 3 is 2.81 bits per heavy atom. The number of hydrogen-bond acceptors (Lipinski definition) is 3. The molecule has 0 aliphatic carbocycles. The van der Waals surface area contributed by atoms with Crippen molar-refractivity contribution < 1.29 is 4.79 Å². The van der Waals surface area contributed by atoms with E-state index >= 15 is 0 Å². The quantitative estimate of drug-likeness (QED) is 0.578. The second-order valence-corrected chi connectivity index (χ2v) is 4.37. The van der Waals surface area contributed by atoms with Gasteiger partial charge in [-0.3, -0.25) is 0 Å². The lowest BCUT2D eigenvalue weighted by atomic mass is 10.2. The van der Waals surface area contributed by atoms with Gasteiger partial charge < -0.3 is 20.9 Å². The second-order valence-electron chi connectivity index (χ2n) is 4.37. The smallest absolute Gasteiger partial charge is 0.317 e. The molecule has 1 fully saturated rings. The number of nitrogens with one attached hydrogen (secondary N) is 1. The van der Waals surface area contributed by atoms with Crippen LogP contribution in [0.25, 0.3) is 0 Å². The number of rotatable bonds is 8. The maximum Gasteiger partial charge on any atom is 0.317 e. The van der Waals surface area contributed by atoms with Crippen LogP contribution < -0.4 is 11.1 Å². The molecule has 1 aliphatic rings. The van der Waals surface area contributed by atoms with E-state index in [0.29, 0.717) is 0 Å². The van der Waals surface area contributed by atoms with Crippen molar-refractivity contribution in [3.8, 4) is 0 Å². The average Bonchev–Trinajstić information content (AvgIpc) is 2.67. The van der Waals surface area contributed by atoms with Gasteiger partial charge in [0.1, 0.15) is 0 Å². The third-order valence-corrected chi connectivity index (χ3v) is 2.94. The summed E-state index contributed by atoms with van der Waals surface area (Å²) in [6.45, 7) is 5.31. The van der Waals surface area contributed by atoms with Crippen molar-refractivity contribution in [2.24, 2.45) is 5.73 Å². The van der Waals surface area contributed by atoms with Crippen LogP contribution in [0, 0.1) is 0 Å². The SMILES string of the molecule is CN(CCCCCN)CCN1CCNC1=O. The number of urea groups is 1. The van der Waals surface area contributed by atoms with Gasteiger partial charge in [-0.05, 0) is 33.0 Å². The van der Waals surface area contributed by atoms with Crippen molar-refractivity contribution in [3.05, 3.63) is 0 Å². The van der Waals surface area contributed by atoms with Crippen LogP contribution in [0.2, 0.25) is 0 Å². The highest BCUT2D eigenvalue weighted by atomic mass is 16.2. The number of nitrogens with two attached hydrogens (primary N) is 1. The Hall–Kier alpha value is -0.810. The molecule has 1 heterocycles. The lowest BCUT2D eigenvalue weighted by Gasteiger charge is -2.20. The summed E-state index contributed by atoms with van der Waals surface area (Å²) in [6.07, 6.45) is 3.51. The normalized spacial score (nSPS) is 15.9. The number of carbonyl (C=O) groups excluding carboxylic acids is 1. The standard InChI is InChI=1S/C11H24N4O/c1-14(7-4-2-3-5-12)9-10-15-8-6-13-11(15)16/h2-10,12H2,1H3,(H,13,16). The van der Waals surface area contributed by atoms with E-state index in [1.54, 1.807) is 0 Å². The molecule has 0 atom stereocenters. The van der Waals surface area contributed by atoms with Crippen molar-refractivity contribution >= 4 is 6.03 Å². The number of carbonyl (C=O) groups is 1. The van der Waals surface area contributed by atoms with E-state index < -0.39 is 0 Å². The summed E-state index contributed by atoms with van der Waals surface area (Å²) in [5, 5.41) is 2.81. The van der Waals surface area contributed by atoms with Crippen LogP contribution in [0.15, 0.2) is 0 Å². The van der Waals surface area contributed by atoms with Gasteiger partial charge in [0.15, 0.2) is 0 Å². The van der Waals surface area contributed by atoms with E-state index in [4.69, 9.17) is 5.73 Å².